The second-order valence-corrected chi connectivity index (χ2v) is 8.77. The van der Waals surface area contributed by atoms with Gasteiger partial charge in [-0.05, 0) is 55.9 Å². The summed E-state index contributed by atoms with van der Waals surface area (Å²) in [7, 11) is 1.89. The summed E-state index contributed by atoms with van der Waals surface area (Å²) in [6.07, 6.45) is 4.10. The van der Waals surface area contributed by atoms with Crippen molar-refractivity contribution in [2.75, 3.05) is 20.3 Å². The number of nitrogens with one attached hydrogen (secondary N) is 1. The lowest BCUT2D eigenvalue weighted by Crippen LogP contribution is -2.29. The first-order valence-electron chi connectivity index (χ1n) is 11.1. The van der Waals surface area contributed by atoms with Gasteiger partial charge >= 0.3 is 0 Å². The summed E-state index contributed by atoms with van der Waals surface area (Å²) in [5, 5.41) is 13.2. The van der Waals surface area contributed by atoms with Crippen LogP contribution in [0.1, 0.15) is 35.6 Å². The molecule has 2 aliphatic rings. The van der Waals surface area contributed by atoms with E-state index in [9.17, 15) is 18.3 Å². The van der Waals surface area contributed by atoms with Gasteiger partial charge in [0, 0.05) is 36.2 Å². The Morgan fingerprint density at radius 3 is 2.74 bits per heavy atom. The van der Waals surface area contributed by atoms with Crippen LogP contribution in [0.15, 0.2) is 54.2 Å². The predicted octanol–water partition coefficient (Wildman–Crippen LogP) is 5.05. The molecule has 176 valence electrons. The van der Waals surface area contributed by atoms with Crippen LogP contribution in [-0.4, -0.2) is 35.3 Å². The molecule has 5 rings (SSSR count). The minimum absolute atomic E-state index is 0.0624. The Morgan fingerprint density at radius 2 is 1.97 bits per heavy atom. The van der Waals surface area contributed by atoms with Gasteiger partial charge in [0.1, 0.15) is 24.1 Å². The highest BCUT2D eigenvalue weighted by Gasteiger charge is 2.27. The lowest BCUT2D eigenvalue weighted by Gasteiger charge is -2.29. The molecule has 1 unspecified atom stereocenters. The van der Waals surface area contributed by atoms with E-state index in [1.54, 1.807) is 6.07 Å². The molecule has 8 heteroatoms. The molecule has 1 saturated carbocycles. The van der Waals surface area contributed by atoms with Gasteiger partial charge in [-0.1, -0.05) is 17.7 Å². The maximum absolute atomic E-state index is 14.8. The first-order valence-corrected chi connectivity index (χ1v) is 11.1. The molecule has 34 heavy (non-hydrogen) atoms. The second kappa shape index (κ2) is 9.02. The molecule has 1 atom stereocenters. The van der Waals surface area contributed by atoms with E-state index in [4.69, 9.17) is 9.72 Å². The molecule has 1 aromatic heterocycles. The van der Waals surface area contributed by atoms with Gasteiger partial charge in [0.15, 0.2) is 17.3 Å². The van der Waals surface area contributed by atoms with E-state index < -0.39 is 17.4 Å². The van der Waals surface area contributed by atoms with Gasteiger partial charge in [0.2, 0.25) is 0 Å². The third-order valence-corrected chi connectivity index (χ3v) is 6.01. The summed E-state index contributed by atoms with van der Waals surface area (Å²) in [4.78, 5) is 6.68. The monoisotopic (exact) mass is 467 g/mol. The number of pyridine rings is 1. The number of nitrogens with zero attached hydrogens (tertiary/aromatic N) is 2. The van der Waals surface area contributed by atoms with Crippen LogP contribution in [0.3, 0.4) is 0 Å². The fraction of sp³-hybridized carbons (Fsp3) is 0.269. The van der Waals surface area contributed by atoms with Crippen molar-refractivity contribution >= 4 is 0 Å². The van der Waals surface area contributed by atoms with Crippen LogP contribution in [0.4, 0.5) is 13.2 Å². The van der Waals surface area contributed by atoms with Crippen molar-refractivity contribution in [3.63, 3.8) is 0 Å². The van der Waals surface area contributed by atoms with E-state index in [0.717, 1.165) is 24.5 Å². The number of halogens is 3. The molecule has 1 fully saturated rings. The minimum atomic E-state index is -1.05. The molecular weight excluding hydrogens is 443 g/mol. The van der Waals surface area contributed by atoms with Crippen molar-refractivity contribution in [3.05, 3.63) is 88.5 Å². The van der Waals surface area contributed by atoms with E-state index in [0.29, 0.717) is 36.2 Å². The second-order valence-electron chi connectivity index (χ2n) is 8.77. The van der Waals surface area contributed by atoms with Crippen LogP contribution in [0.25, 0.3) is 11.3 Å². The van der Waals surface area contributed by atoms with Gasteiger partial charge < -0.3 is 15.2 Å². The molecule has 1 aliphatic carbocycles. The molecular formula is C26H24F3N3O2. The fourth-order valence-corrected chi connectivity index (χ4v) is 4.13. The van der Waals surface area contributed by atoms with Gasteiger partial charge in [0.25, 0.3) is 0 Å². The quantitative estimate of drug-likeness (QED) is 0.531. The van der Waals surface area contributed by atoms with Crippen LogP contribution in [0.2, 0.25) is 0 Å². The maximum Gasteiger partial charge on any atom is 0.167 e. The van der Waals surface area contributed by atoms with Crippen molar-refractivity contribution in [3.8, 4) is 22.8 Å². The molecule has 3 aromatic rings. The highest BCUT2D eigenvalue weighted by Crippen LogP contribution is 2.40. The standard InChI is InChI=1S/C26H24F3N3O2/c1-32-13-17-8-23(20(12-30-11-15-5-6-15)16-3-2-4-18(27)7-16)31-25(26(17)34-14-32)19-9-24(33)22(29)10-21(19)28/h2-4,7-11,20,30,33H,5-6,12-14H2,1H3. The number of aromatic hydroxyl groups is 1. The van der Waals surface area contributed by atoms with Crippen LogP contribution in [-0.2, 0) is 6.54 Å². The third kappa shape index (κ3) is 4.59. The summed E-state index contributed by atoms with van der Waals surface area (Å²) in [6.45, 7) is 1.25. The zero-order valence-electron chi connectivity index (χ0n) is 18.6. The highest BCUT2D eigenvalue weighted by molar-refractivity contribution is 5.71. The number of hydrogen-bond donors (Lipinski definition) is 2. The molecule has 5 nitrogen and oxygen atoms in total. The molecule has 1 aliphatic heterocycles. The van der Waals surface area contributed by atoms with Gasteiger partial charge in [-0.25, -0.2) is 18.2 Å². The van der Waals surface area contributed by atoms with Crippen LogP contribution >= 0.6 is 0 Å². The molecule has 2 N–H and O–H groups in total. The molecule has 2 heterocycles. The summed E-state index contributed by atoms with van der Waals surface area (Å²) >= 11 is 0. The fourth-order valence-electron chi connectivity index (χ4n) is 4.13. The molecule has 0 saturated heterocycles. The number of phenolic OH excluding ortho intramolecular Hbond substituents is 1. The van der Waals surface area contributed by atoms with Crippen molar-refractivity contribution < 1.29 is 23.0 Å². The minimum Gasteiger partial charge on any atom is -0.505 e. The number of phenols is 1. The lowest BCUT2D eigenvalue weighted by molar-refractivity contribution is 0.121. The summed E-state index contributed by atoms with van der Waals surface area (Å²) in [6, 6.07) is 9.85. The van der Waals surface area contributed by atoms with E-state index in [1.165, 1.54) is 17.7 Å². The molecule has 0 amide bonds. The molecule has 0 spiro atoms. The first kappa shape index (κ1) is 22.3. The van der Waals surface area contributed by atoms with Gasteiger partial charge in [-0.3, -0.25) is 4.90 Å². The SMILES string of the molecule is CN1COc2c(cc(C(CNC=C3CC3)c3cccc(F)c3)nc2-c2cc(O)c(F)cc2F)C1. The third-order valence-electron chi connectivity index (χ3n) is 6.01. The highest BCUT2D eigenvalue weighted by atomic mass is 19.1. The Labute approximate surface area is 195 Å². The maximum atomic E-state index is 14.8. The van der Waals surface area contributed by atoms with Crippen LogP contribution in [0, 0.1) is 17.5 Å². The van der Waals surface area contributed by atoms with Crippen molar-refractivity contribution in [1.29, 1.82) is 0 Å². The number of hydrogen-bond acceptors (Lipinski definition) is 5. The van der Waals surface area contributed by atoms with Gasteiger partial charge in [0.05, 0.1) is 5.69 Å². The molecule has 2 aromatic carbocycles. The zero-order chi connectivity index (χ0) is 23.8. The number of benzene rings is 2. The molecule has 0 radical (unpaired) electrons. The Kier molecular flexibility index (Phi) is 5.91. The number of ether oxygens (including phenoxy) is 1. The largest absolute Gasteiger partial charge is 0.505 e. The lowest BCUT2D eigenvalue weighted by atomic mass is 9.92. The predicted molar refractivity (Wildman–Crippen MR) is 122 cm³/mol. The number of fused-ring (bicyclic) bond motifs is 1. The van der Waals surface area contributed by atoms with Crippen LogP contribution in [0.5, 0.6) is 11.5 Å². The van der Waals surface area contributed by atoms with Crippen molar-refractivity contribution in [2.24, 2.45) is 0 Å². The number of rotatable bonds is 6. The van der Waals surface area contributed by atoms with Crippen molar-refractivity contribution in [1.82, 2.24) is 15.2 Å². The normalized spacial score (nSPS) is 15.9. The van der Waals surface area contributed by atoms with Crippen LogP contribution < -0.4 is 10.1 Å². The molecule has 0 bridgehead atoms. The van der Waals surface area contributed by atoms with E-state index >= 15 is 0 Å². The summed E-state index contributed by atoms with van der Waals surface area (Å²) in [5.41, 5.74) is 3.51. The van der Waals surface area contributed by atoms with Gasteiger partial charge in [-0.2, -0.15) is 0 Å². The topological polar surface area (TPSA) is 57.6 Å². The average molecular weight is 467 g/mol. The Hall–Kier alpha value is -3.52. The van der Waals surface area contributed by atoms with E-state index in [-0.39, 0.29) is 29.7 Å². The van der Waals surface area contributed by atoms with E-state index in [1.807, 2.05) is 30.3 Å². The zero-order valence-corrected chi connectivity index (χ0v) is 18.6. The first-order chi connectivity index (χ1) is 16.4. The van der Waals surface area contributed by atoms with E-state index in [2.05, 4.69) is 5.32 Å². The average Bonchev–Trinajstić information content (AvgIpc) is 3.63. The summed E-state index contributed by atoms with van der Waals surface area (Å²) < 4.78 is 48.6. The number of aromatic nitrogens is 1. The Morgan fingerprint density at radius 1 is 1.15 bits per heavy atom. The Bertz CT molecular complexity index is 1270. The smallest absolute Gasteiger partial charge is 0.167 e. The van der Waals surface area contributed by atoms with Crippen molar-refractivity contribution in [2.45, 2.75) is 25.3 Å². The number of allylic oxidation sites excluding steroid dienone is 1. The summed E-state index contributed by atoms with van der Waals surface area (Å²) in [5.74, 6) is -2.91. The van der Waals surface area contributed by atoms with Gasteiger partial charge in [-0.15, -0.1) is 0 Å². The Balaban J connectivity index is 1.65.